The number of aryl methyl sites for hydroxylation is 2. The van der Waals surface area contributed by atoms with Gasteiger partial charge < -0.3 is 10.1 Å². The molecular formula is C23H21FN4O2. The van der Waals surface area contributed by atoms with Crippen LogP contribution in [0.1, 0.15) is 16.8 Å². The quantitative estimate of drug-likeness (QED) is 0.530. The van der Waals surface area contributed by atoms with Crippen molar-refractivity contribution < 1.29 is 13.9 Å². The van der Waals surface area contributed by atoms with E-state index in [2.05, 4.69) is 15.4 Å². The first-order valence-corrected chi connectivity index (χ1v) is 9.57. The van der Waals surface area contributed by atoms with Gasteiger partial charge in [-0.05, 0) is 49.2 Å². The molecule has 152 valence electrons. The molecule has 6 nitrogen and oxygen atoms in total. The number of amides is 1. The molecule has 1 amide bonds. The van der Waals surface area contributed by atoms with Gasteiger partial charge in [-0.15, -0.1) is 0 Å². The molecule has 0 aliphatic heterocycles. The summed E-state index contributed by atoms with van der Waals surface area (Å²) in [4.78, 5) is 16.7. The molecule has 2 aromatic carbocycles. The van der Waals surface area contributed by atoms with Gasteiger partial charge in [-0.1, -0.05) is 30.3 Å². The zero-order valence-electron chi connectivity index (χ0n) is 16.7. The van der Waals surface area contributed by atoms with Gasteiger partial charge in [-0.2, -0.15) is 10.1 Å². The summed E-state index contributed by atoms with van der Waals surface area (Å²) in [6, 6.07) is 17.5. The molecule has 0 saturated heterocycles. The van der Waals surface area contributed by atoms with Crippen LogP contribution >= 0.6 is 0 Å². The highest BCUT2D eigenvalue weighted by Gasteiger charge is 2.15. The summed E-state index contributed by atoms with van der Waals surface area (Å²) >= 11 is 0. The summed E-state index contributed by atoms with van der Waals surface area (Å²) in [7, 11) is 0. The van der Waals surface area contributed by atoms with Gasteiger partial charge in [0.15, 0.2) is 12.3 Å². The van der Waals surface area contributed by atoms with Gasteiger partial charge in [0.2, 0.25) is 5.88 Å². The minimum absolute atomic E-state index is 0.169. The Kier molecular flexibility index (Phi) is 5.43. The lowest BCUT2D eigenvalue weighted by Crippen LogP contribution is -2.28. The van der Waals surface area contributed by atoms with E-state index in [4.69, 9.17) is 4.74 Å². The summed E-state index contributed by atoms with van der Waals surface area (Å²) in [5.41, 5.74) is 4.24. The molecule has 0 atom stereocenters. The number of pyridine rings is 1. The van der Waals surface area contributed by atoms with Crippen LogP contribution in [-0.4, -0.2) is 27.3 Å². The van der Waals surface area contributed by atoms with Crippen LogP contribution in [0.25, 0.3) is 16.7 Å². The highest BCUT2D eigenvalue weighted by atomic mass is 19.1. The van der Waals surface area contributed by atoms with Crippen molar-refractivity contribution >= 4 is 16.9 Å². The number of hydrogen-bond acceptors (Lipinski definition) is 4. The van der Waals surface area contributed by atoms with E-state index < -0.39 is 0 Å². The maximum absolute atomic E-state index is 13.0. The van der Waals surface area contributed by atoms with Crippen LogP contribution in [0.3, 0.4) is 0 Å². The molecule has 4 rings (SSSR count). The molecular weight excluding hydrogens is 383 g/mol. The number of nitrogens with one attached hydrogen (secondary N) is 1. The van der Waals surface area contributed by atoms with Gasteiger partial charge in [0.25, 0.3) is 5.91 Å². The summed E-state index contributed by atoms with van der Waals surface area (Å²) in [5, 5.41) is 8.33. The molecule has 1 N–H and O–H groups in total. The molecule has 4 aromatic rings. The van der Waals surface area contributed by atoms with Gasteiger partial charge in [0.05, 0.1) is 11.4 Å². The Morgan fingerprint density at radius 3 is 2.57 bits per heavy atom. The van der Waals surface area contributed by atoms with E-state index in [1.165, 1.54) is 12.1 Å². The predicted molar refractivity (Wildman–Crippen MR) is 112 cm³/mol. The molecule has 0 fully saturated rings. The van der Waals surface area contributed by atoms with Gasteiger partial charge in [-0.25, -0.2) is 9.07 Å². The third-order valence-corrected chi connectivity index (χ3v) is 4.74. The average molecular weight is 404 g/mol. The Labute approximate surface area is 173 Å². The number of halogens is 1. The molecule has 0 radical (unpaired) electrons. The first-order chi connectivity index (χ1) is 14.5. The molecule has 2 heterocycles. The Morgan fingerprint density at radius 2 is 1.83 bits per heavy atom. The van der Waals surface area contributed by atoms with Crippen molar-refractivity contribution in [3.05, 3.63) is 83.3 Å². The van der Waals surface area contributed by atoms with Gasteiger partial charge in [0.1, 0.15) is 5.82 Å². The van der Waals surface area contributed by atoms with Gasteiger partial charge in [0, 0.05) is 18.0 Å². The van der Waals surface area contributed by atoms with Crippen molar-refractivity contribution in [2.75, 3.05) is 6.61 Å². The third kappa shape index (κ3) is 4.15. The van der Waals surface area contributed by atoms with Crippen molar-refractivity contribution in [2.24, 2.45) is 0 Å². The zero-order chi connectivity index (χ0) is 21.1. The fraction of sp³-hybridized carbons (Fsp3) is 0.174. The highest BCUT2D eigenvalue weighted by Crippen LogP contribution is 2.26. The molecule has 0 bridgehead atoms. The maximum atomic E-state index is 13.0. The Bertz CT molecular complexity index is 1190. The number of para-hydroxylation sites is 1. The van der Waals surface area contributed by atoms with Crippen molar-refractivity contribution in [2.45, 2.75) is 20.4 Å². The molecule has 0 saturated carbocycles. The SMILES string of the molecule is Cc1cc(OCC(=O)NCc2ccc(F)cc2)nc2c1c(C)nn2-c1ccccc1. The Morgan fingerprint density at radius 1 is 1.10 bits per heavy atom. The van der Waals surface area contributed by atoms with Crippen LogP contribution in [0.4, 0.5) is 4.39 Å². The van der Waals surface area contributed by atoms with Crippen LogP contribution in [0.2, 0.25) is 0 Å². The molecule has 0 spiro atoms. The van der Waals surface area contributed by atoms with Crippen molar-refractivity contribution in [3.8, 4) is 11.6 Å². The van der Waals surface area contributed by atoms with E-state index in [0.29, 0.717) is 18.1 Å². The van der Waals surface area contributed by atoms with Gasteiger partial charge in [-0.3, -0.25) is 4.79 Å². The number of nitrogens with zero attached hydrogens (tertiary/aromatic N) is 3. The van der Waals surface area contributed by atoms with E-state index in [0.717, 1.165) is 27.9 Å². The fourth-order valence-corrected chi connectivity index (χ4v) is 3.29. The fourth-order valence-electron chi connectivity index (χ4n) is 3.29. The van der Waals surface area contributed by atoms with E-state index in [1.54, 1.807) is 22.9 Å². The van der Waals surface area contributed by atoms with Crippen molar-refractivity contribution in [1.29, 1.82) is 0 Å². The van der Waals surface area contributed by atoms with Crippen LogP contribution in [0.15, 0.2) is 60.7 Å². The normalized spacial score (nSPS) is 10.9. The van der Waals surface area contributed by atoms with Crippen LogP contribution in [0.5, 0.6) is 5.88 Å². The lowest BCUT2D eigenvalue weighted by Gasteiger charge is -2.09. The first-order valence-electron chi connectivity index (χ1n) is 9.57. The van der Waals surface area contributed by atoms with E-state index >= 15 is 0 Å². The lowest BCUT2D eigenvalue weighted by atomic mass is 10.2. The number of rotatable bonds is 6. The van der Waals surface area contributed by atoms with Crippen LogP contribution < -0.4 is 10.1 Å². The standard InChI is InChI=1S/C23H21FN4O2/c1-15-12-21(30-14-20(29)25-13-17-8-10-18(24)11-9-17)26-23-22(15)16(2)27-28(23)19-6-4-3-5-7-19/h3-12H,13-14H2,1-2H3,(H,25,29). The largest absolute Gasteiger partial charge is 0.468 e. The molecule has 30 heavy (non-hydrogen) atoms. The number of carbonyl (C=O) groups excluding carboxylic acids is 1. The van der Waals surface area contributed by atoms with Crippen molar-refractivity contribution in [3.63, 3.8) is 0 Å². The summed E-state index contributed by atoms with van der Waals surface area (Å²) in [6.45, 7) is 4.04. The first kappa shape index (κ1) is 19.6. The third-order valence-electron chi connectivity index (χ3n) is 4.74. The maximum Gasteiger partial charge on any atom is 0.258 e. The molecule has 2 aromatic heterocycles. The Hall–Kier alpha value is -3.74. The monoisotopic (exact) mass is 404 g/mol. The number of hydrogen-bond donors (Lipinski definition) is 1. The minimum atomic E-state index is -0.310. The minimum Gasteiger partial charge on any atom is -0.468 e. The number of ether oxygens (including phenoxy) is 1. The average Bonchev–Trinajstić information content (AvgIpc) is 3.09. The van der Waals surface area contributed by atoms with E-state index in [1.807, 2.05) is 44.2 Å². The van der Waals surface area contributed by atoms with Crippen LogP contribution in [-0.2, 0) is 11.3 Å². The molecule has 0 aliphatic carbocycles. The second-order valence-electron chi connectivity index (χ2n) is 7.00. The van der Waals surface area contributed by atoms with Crippen LogP contribution in [0, 0.1) is 19.7 Å². The lowest BCUT2D eigenvalue weighted by molar-refractivity contribution is -0.123. The molecule has 0 aliphatic rings. The predicted octanol–water partition coefficient (Wildman–Crippen LogP) is 3.87. The smallest absolute Gasteiger partial charge is 0.258 e. The second kappa shape index (κ2) is 8.32. The Balaban J connectivity index is 1.49. The van der Waals surface area contributed by atoms with Gasteiger partial charge >= 0.3 is 0 Å². The summed E-state index contributed by atoms with van der Waals surface area (Å²) in [6.07, 6.45) is 0. The number of carbonyl (C=O) groups is 1. The molecule has 7 heteroatoms. The zero-order valence-corrected chi connectivity index (χ0v) is 16.7. The van der Waals surface area contributed by atoms with E-state index in [-0.39, 0.29) is 18.3 Å². The number of fused-ring (bicyclic) bond motifs is 1. The highest BCUT2D eigenvalue weighted by molar-refractivity contribution is 5.84. The number of aromatic nitrogens is 3. The number of benzene rings is 2. The summed E-state index contributed by atoms with van der Waals surface area (Å²) in [5.74, 6) is -0.240. The van der Waals surface area contributed by atoms with E-state index in [9.17, 15) is 9.18 Å². The van der Waals surface area contributed by atoms with Crippen molar-refractivity contribution in [1.82, 2.24) is 20.1 Å². The topological polar surface area (TPSA) is 69.0 Å². The summed E-state index contributed by atoms with van der Waals surface area (Å²) < 4.78 is 20.4. The molecule has 0 unspecified atom stereocenters. The second-order valence-corrected chi connectivity index (χ2v) is 7.00.